The van der Waals surface area contributed by atoms with Crippen LogP contribution < -0.4 is 10.0 Å². The van der Waals surface area contributed by atoms with Crippen LogP contribution in [-0.4, -0.2) is 15.0 Å². The van der Waals surface area contributed by atoms with E-state index in [1.165, 1.54) is 10.4 Å². The molecule has 1 aliphatic rings. The van der Waals surface area contributed by atoms with E-state index < -0.39 is 10.0 Å². The Labute approximate surface area is 129 Å². The van der Waals surface area contributed by atoms with Gasteiger partial charge in [0.2, 0.25) is 0 Å². The highest BCUT2D eigenvalue weighted by Crippen LogP contribution is 2.36. The molecule has 21 heavy (non-hydrogen) atoms. The summed E-state index contributed by atoms with van der Waals surface area (Å²) in [4.78, 5) is 0.196. The van der Waals surface area contributed by atoms with Crippen molar-refractivity contribution >= 4 is 33.0 Å². The first-order valence-corrected chi connectivity index (χ1v) is 8.39. The van der Waals surface area contributed by atoms with Gasteiger partial charge in [-0.05, 0) is 48.7 Å². The maximum atomic E-state index is 12.8. The molecule has 0 aliphatic carbocycles. The Kier molecular flexibility index (Phi) is 3.34. The molecule has 6 heteroatoms. The number of nitrogen functional groups attached to an aromatic ring is 1. The van der Waals surface area contributed by atoms with E-state index >= 15 is 0 Å². The van der Waals surface area contributed by atoms with E-state index in [1.807, 2.05) is 13.0 Å². The van der Waals surface area contributed by atoms with Gasteiger partial charge in [0.1, 0.15) is 0 Å². The maximum Gasteiger partial charge on any atom is 0.264 e. The SMILES string of the molecule is Cc1cc2c(cc1N)N(S(=O)(=O)c1cccc(Cl)c1)CC2. The van der Waals surface area contributed by atoms with E-state index in [0.717, 1.165) is 11.1 Å². The van der Waals surface area contributed by atoms with Gasteiger partial charge in [-0.25, -0.2) is 8.42 Å². The van der Waals surface area contributed by atoms with Crippen molar-refractivity contribution in [3.63, 3.8) is 0 Å². The van der Waals surface area contributed by atoms with Crippen molar-refractivity contribution in [1.29, 1.82) is 0 Å². The second kappa shape index (κ2) is 4.93. The Bertz CT molecular complexity index is 818. The highest BCUT2D eigenvalue weighted by Gasteiger charge is 2.31. The third kappa shape index (κ3) is 2.36. The molecule has 0 aromatic heterocycles. The number of aryl methyl sites for hydroxylation is 1. The van der Waals surface area contributed by atoms with Gasteiger partial charge in [0.25, 0.3) is 10.0 Å². The van der Waals surface area contributed by atoms with Crippen molar-refractivity contribution in [2.24, 2.45) is 0 Å². The molecule has 4 nitrogen and oxygen atoms in total. The molecule has 1 aliphatic heterocycles. The van der Waals surface area contributed by atoms with Crippen LogP contribution in [0.1, 0.15) is 11.1 Å². The van der Waals surface area contributed by atoms with Crippen LogP contribution in [0, 0.1) is 6.92 Å². The normalized spacial score (nSPS) is 14.3. The van der Waals surface area contributed by atoms with E-state index in [9.17, 15) is 8.42 Å². The lowest BCUT2D eigenvalue weighted by Gasteiger charge is -2.20. The summed E-state index contributed by atoms with van der Waals surface area (Å²) in [6.07, 6.45) is 0.691. The quantitative estimate of drug-likeness (QED) is 0.864. The summed E-state index contributed by atoms with van der Waals surface area (Å²) in [5, 5.41) is 0.402. The van der Waals surface area contributed by atoms with Crippen LogP contribution in [0.5, 0.6) is 0 Å². The number of nitrogens with zero attached hydrogens (tertiary/aromatic N) is 1. The van der Waals surface area contributed by atoms with Gasteiger partial charge in [0.05, 0.1) is 10.6 Å². The minimum absolute atomic E-state index is 0.196. The Morgan fingerprint density at radius 3 is 2.71 bits per heavy atom. The van der Waals surface area contributed by atoms with Crippen molar-refractivity contribution in [2.75, 3.05) is 16.6 Å². The molecule has 0 spiro atoms. The molecule has 0 atom stereocenters. The lowest BCUT2D eigenvalue weighted by Crippen LogP contribution is -2.29. The summed E-state index contributed by atoms with van der Waals surface area (Å²) in [7, 11) is -3.61. The summed E-state index contributed by atoms with van der Waals surface area (Å²) >= 11 is 5.90. The fourth-order valence-corrected chi connectivity index (χ4v) is 4.35. The Morgan fingerprint density at radius 1 is 1.24 bits per heavy atom. The van der Waals surface area contributed by atoms with Gasteiger partial charge in [0, 0.05) is 17.3 Å². The number of hydrogen-bond donors (Lipinski definition) is 1. The number of anilines is 2. The van der Waals surface area contributed by atoms with Crippen LogP contribution in [0.4, 0.5) is 11.4 Å². The number of nitrogens with two attached hydrogens (primary N) is 1. The number of sulfonamides is 1. The topological polar surface area (TPSA) is 63.4 Å². The smallest absolute Gasteiger partial charge is 0.264 e. The lowest BCUT2D eigenvalue weighted by atomic mass is 10.1. The zero-order valence-electron chi connectivity index (χ0n) is 11.5. The summed E-state index contributed by atoms with van der Waals surface area (Å²) in [5.41, 5.74) is 9.16. The van der Waals surface area contributed by atoms with Crippen LogP contribution in [0.25, 0.3) is 0 Å². The zero-order chi connectivity index (χ0) is 15.2. The molecular formula is C15H15ClN2O2S. The molecule has 0 saturated heterocycles. The maximum absolute atomic E-state index is 12.8. The van der Waals surface area contributed by atoms with E-state index in [4.69, 9.17) is 17.3 Å². The monoisotopic (exact) mass is 322 g/mol. The van der Waals surface area contributed by atoms with Gasteiger partial charge in [-0.3, -0.25) is 4.31 Å². The van der Waals surface area contributed by atoms with Crippen molar-refractivity contribution < 1.29 is 8.42 Å². The van der Waals surface area contributed by atoms with Crippen LogP contribution in [0.3, 0.4) is 0 Å². The van der Waals surface area contributed by atoms with Gasteiger partial charge < -0.3 is 5.73 Å². The molecule has 0 fully saturated rings. The van der Waals surface area contributed by atoms with Crippen molar-refractivity contribution in [2.45, 2.75) is 18.2 Å². The van der Waals surface area contributed by atoms with Gasteiger partial charge in [-0.1, -0.05) is 23.7 Å². The van der Waals surface area contributed by atoms with Crippen molar-refractivity contribution in [1.82, 2.24) is 0 Å². The largest absolute Gasteiger partial charge is 0.398 e. The first kappa shape index (κ1) is 14.2. The first-order valence-electron chi connectivity index (χ1n) is 6.57. The van der Waals surface area contributed by atoms with Gasteiger partial charge in [0.15, 0.2) is 0 Å². The predicted molar refractivity (Wildman–Crippen MR) is 85.3 cm³/mol. The Balaban J connectivity index is 2.10. The molecule has 0 saturated carbocycles. The third-order valence-electron chi connectivity index (χ3n) is 3.70. The predicted octanol–water partition coefficient (Wildman–Crippen LogP) is 2.98. The molecule has 3 rings (SSSR count). The Morgan fingerprint density at radius 2 is 2.00 bits per heavy atom. The summed E-state index contributed by atoms with van der Waals surface area (Å²) in [6.45, 7) is 2.34. The number of fused-ring (bicyclic) bond motifs is 1. The molecule has 2 N–H and O–H groups in total. The number of rotatable bonds is 2. The zero-order valence-corrected chi connectivity index (χ0v) is 13.1. The molecular weight excluding hydrogens is 308 g/mol. The van der Waals surface area contributed by atoms with Crippen molar-refractivity contribution in [3.8, 4) is 0 Å². The second-order valence-electron chi connectivity index (χ2n) is 5.12. The number of benzene rings is 2. The first-order chi connectivity index (χ1) is 9.89. The van der Waals surface area contributed by atoms with Gasteiger partial charge in [-0.2, -0.15) is 0 Å². The van der Waals surface area contributed by atoms with E-state index in [1.54, 1.807) is 24.3 Å². The van der Waals surface area contributed by atoms with Gasteiger partial charge >= 0.3 is 0 Å². The molecule has 0 amide bonds. The molecule has 0 radical (unpaired) electrons. The number of halogens is 1. The highest BCUT2D eigenvalue weighted by molar-refractivity contribution is 7.92. The second-order valence-corrected chi connectivity index (χ2v) is 7.42. The van der Waals surface area contributed by atoms with Crippen LogP contribution in [0.15, 0.2) is 41.3 Å². The average Bonchev–Trinajstić information content (AvgIpc) is 2.83. The molecule has 0 unspecified atom stereocenters. The standard InChI is InChI=1S/C15H15ClN2O2S/c1-10-7-11-5-6-18(15(11)9-14(10)17)21(19,20)13-4-2-3-12(16)8-13/h2-4,7-9H,5-6,17H2,1H3. The minimum atomic E-state index is -3.61. The molecule has 2 aromatic carbocycles. The molecule has 110 valence electrons. The lowest BCUT2D eigenvalue weighted by molar-refractivity contribution is 0.592. The van der Waals surface area contributed by atoms with Crippen LogP contribution in [0.2, 0.25) is 5.02 Å². The highest BCUT2D eigenvalue weighted by atomic mass is 35.5. The van der Waals surface area contributed by atoms with Crippen molar-refractivity contribution in [3.05, 3.63) is 52.5 Å². The summed E-state index contributed by atoms with van der Waals surface area (Å²) in [6, 6.07) is 10.00. The number of hydrogen-bond acceptors (Lipinski definition) is 3. The van der Waals surface area contributed by atoms with E-state index in [2.05, 4.69) is 0 Å². The molecule has 2 aromatic rings. The van der Waals surface area contributed by atoms with Gasteiger partial charge in [-0.15, -0.1) is 0 Å². The Hall–Kier alpha value is -1.72. The average molecular weight is 323 g/mol. The van der Waals surface area contributed by atoms with Crippen LogP contribution >= 0.6 is 11.6 Å². The summed E-state index contributed by atoms with van der Waals surface area (Å²) in [5.74, 6) is 0. The van der Waals surface area contributed by atoms with E-state index in [-0.39, 0.29) is 4.90 Å². The molecule has 0 bridgehead atoms. The third-order valence-corrected chi connectivity index (χ3v) is 5.75. The van der Waals surface area contributed by atoms with Crippen LogP contribution in [-0.2, 0) is 16.4 Å². The fourth-order valence-electron chi connectivity index (χ4n) is 2.55. The minimum Gasteiger partial charge on any atom is -0.398 e. The molecule has 1 heterocycles. The summed E-state index contributed by atoms with van der Waals surface area (Å²) < 4.78 is 27.0. The fraction of sp³-hybridized carbons (Fsp3) is 0.200. The van der Waals surface area contributed by atoms with E-state index in [0.29, 0.717) is 29.4 Å².